The summed E-state index contributed by atoms with van der Waals surface area (Å²) in [5, 5.41) is 3.20. The maximum atomic E-state index is 12.6. The summed E-state index contributed by atoms with van der Waals surface area (Å²) in [6.07, 6.45) is 1.58. The topological polar surface area (TPSA) is 58.6 Å². The van der Waals surface area contributed by atoms with Crippen LogP contribution in [0.5, 0.6) is 5.75 Å². The van der Waals surface area contributed by atoms with Crippen molar-refractivity contribution in [3.8, 4) is 5.75 Å². The molecule has 0 fully saturated rings. The molecule has 1 aromatic rings. The van der Waals surface area contributed by atoms with Gasteiger partial charge in [-0.25, -0.2) is 8.42 Å². The molecule has 0 aliphatic heterocycles. The molecule has 1 rings (SSSR count). The average Bonchev–Trinajstić information content (AvgIpc) is 2.49. The molecule has 118 valence electrons. The third-order valence-electron chi connectivity index (χ3n) is 3.11. The second kappa shape index (κ2) is 8.17. The van der Waals surface area contributed by atoms with Crippen molar-refractivity contribution in [3.63, 3.8) is 0 Å². The van der Waals surface area contributed by atoms with E-state index >= 15 is 0 Å². The van der Waals surface area contributed by atoms with E-state index in [2.05, 4.69) is 11.9 Å². The van der Waals surface area contributed by atoms with Gasteiger partial charge >= 0.3 is 0 Å². The summed E-state index contributed by atoms with van der Waals surface area (Å²) in [7, 11) is -2.10. The Balaban J connectivity index is 3.19. The lowest BCUT2D eigenvalue weighted by Gasteiger charge is -2.20. The maximum Gasteiger partial charge on any atom is 0.247 e. The van der Waals surface area contributed by atoms with Gasteiger partial charge in [0.2, 0.25) is 10.0 Å². The zero-order chi connectivity index (χ0) is 15.9. The van der Waals surface area contributed by atoms with E-state index in [1.807, 2.05) is 6.92 Å². The summed E-state index contributed by atoms with van der Waals surface area (Å²) >= 11 is 0. The van der Waals surface area contributed by atoms with Crippen LogP contribution in [0.2, 0.25) is 0 Å². The van der Waals surface area contributed by atoms with Crippen LogP contribution in [-0.2, 0) is 16.6 Å². The fourth-order valence-electron chi connectivity index (χ4n) is 1.98. The Morgan fingerprint density at radius 1 is 1.38 bits per heavy atom. The number of ether oxygens (including phenoxy) is 1. The van der Waals surface area contributed by atoms with Gasteiger partial charge in [-0.3, -0.25) is 0 Å². The van der Waals surface area contributed by atoms with Gasteiger partial charge in [-0.1, -0.05) is 26.0 Å². The van der Waals surface area contributed by atoms with Crippen LogP contribution in [0.25, 0.3) is 0 Å². The van der Waals surface area contributed by atoms with Crippen LogP contribution in [0.1, 0.15) is 19.4 Å². The highest BCUT2D eigenvalue weighted by Crippen LogP contribution is 2.27. The summed E-state index contributed by atoms with van der Waals surface area (Å²) in [5.41, 5.74) is 0.986. The zero-order valence-electron chi connectivity index (χ0n) is 12.9. The summed E-state index contributed by atoms with van der Waals surface area (Å²) < 4.78 is 31.9. The highest BCUT2D eigenvalue weighted by atomic mass is 32.2. The van der Waals surface area contributed by atoms with Crippen LogP contribution in [0.3, 0.4) is 0 Å². The summed E-state index contributed by atoms with van der Waals surface area (Å²) in [6.45, 7) is 9.61. The second-order valence-electron chi connectivity index (χ2n) is 4.51. The van der Waals surface area contributed by atoms with Gasteiger partial charge in [0.15, 0.2) is 0 Å². The van der Waals surface area contributed by atoms with E-state index in [-0.39, 0.29) is 11.4 Å². The SMILES string of the molecule is C=CCN(CC)S(=O)(=O)c1ccc(CNCC)cc1OC. The van der Waals surface area contributed by atoms with Crippen molar-refractivity contribution >= 4 is 10.0 Å². The molecule has 0 aliphatic rings. The molecule has 0 atom stereocenters. The Labute approximate surface area is 127 Å². The van der Waals surface area contributed by atoms with Gasteiger partial charge < -0.3 is 10.1 Å². The Kier molecular flexibility index (Phi) is 6.87. The minimum Gasteiger partial charge on any atom is -0.495 e. The largest absolute Gasteiger partial charge is 0.495 e. The second-order valence-corrected chi connectivity index (χ2v) is 6.42. The fraction of sp³-hybridized carbons (Fsp3) is 0.467. The number of nitrogens with one attached hydrogen (secondary N) is 1. The van der Waals surface area contributed by atoms with Crippen molar-refractivity contribution in [2.45, 2.75) is 25.3 Å². The van der Waals surface area contributed by atoms with Crippen LogP contribution in [-0.4, -0.2) is 39.5 Å². The van der Waals surface area contributed by atoms with Crippen molar-refractivity contribution in [1.82, 2.24) is 9.62 Å². The number of methoxy groups -OCH3 is 1. The molecule has 0 saturated heterocycles. The van der Waals surface area contributed by atoms with Gasteiger partial charge in [-0.05, 0) is 24.2 Å². The van der Waals surface area contributed by atoms with E-state index in [9.17, 15) is 8.42 Å². The molecule has 0 saturated carbocycles. The van der Waals surface area contributed by atoms with Crippen LogP contribution in [0.4, 0.5) is 0 Å². The van der Waals surface area contributed by atoms with Gasteiger partial charge in [0.25, 0.3) is 0 Å². The van der Waals surface area contributed by atoms with E-state index in [1.54, 1.807) is 31.2 Å². The molecule has 1 N–H and O–H groups in total. The van der Waals surface area contributed by atoms with Crippen molar-refractivity contribution < 1.29 is 13.2 Å². The minimum absolute atomic E-state index is 0.189. The molecular weight excluding hydrogens is 288 g/mol. The number of nitrogens with zero attached hydrogens (tertiary/aromatic N) is 1. The quantitative estimate of drug-likeness (QED) is 0.709. The first kappa shape index (κ1) is 17.7. The normalized spacial score (nSPS) is 11.6. The third-order valence-corrected chi connectivity index (χ3v) is 5.09. The molecule has 0 radical (unpaired) electrons. The van der Waals surface area contributed by atoms with Crippen molar-refractivity contribution in [2.24, 2.45) is 0 Å². The Hall–Kier alpha value is -1.37. The predicted molar refractivity (Wildman–Crippen MR) is 85.0 cm³/mol. The first-order valence-corrected chi connectivity index (χ1v) is 8.43. The lowest BCUT2D eigenvalue weighted by atomic mass is 10.2. The predicted octanol–water partition coefficient (Wildman–Crippen LogP) is 2.00. The maximum absolute atomic E-state index is 12.6. The van der Waals surface area contributed by atoms with Gasteiger partial charge in [-0.15, -0.1) is 6.58 Å². The monoisotopic (exact) mass is 312 g/mol. The molecule has 21 heavy (non-hydrogen) atoms. The zero-order valence-corrected chi connectivity index (χ0v) is 13.7. The lowest BCUT2D eigenvalue weighted by Crippen LogP contribution is -2.31. The Morgan fingerprint density at radius 2 is 2.10 bits per heavy atom. The summed E-state index contributed by atoms with van der Waals surface area (Å²) in [4.78, 5) is 0.189. The summed E-state index contributed by atoms with van der Waals surface area (Å²) in [6, 6.07) is 5.17. The number of hydrogen-bond donors (Lipinski definition) is 1. The van der Waals surface area contributed by atoms with Crippen LogP contribution < -0.4 is 10.1 Å². The highest BCUT2D eigenvalue weighted by Gasteiger charge is 2.25. The van der Waals surface area contributed by atoms with Crippen molar-refractivity contribution in [2.75, 3.05) is 26.7 Å². The van der Waals surface area contributed by atoms with E-state index < -0.39 is 10.0 Å². The minimum atomic E-state index is -3.58. The molecular formula is C15H24N2O3S. The Bertz CT molecular complexity index is 570. The van der Waals surface area contributed by atoms with Gasteiger partial charge in [0, 0.05) is 19.6 Å². The van der Waals surface area contributed by atoms with E-state index in [0.29, 0.717) is 18.8 Å². The number of hydrogen-bond acceptors (Lipinski definition) is 4. The molecule has 0 unspecified atom stereocenters. The molecule has 0 aliphatic carbocycles. The summed E-state index contributed by atoms with van der Waals surface area (Å²) in [5.74, 6) is 0.368. The molecule has 6 heteroatoms. The van der Waals surface area contributed by atoms with Gasteiger partial charge in [0.05, 0.1) is 7.11 Å². The van der Waals surface area contributed by atoms with Crippen molar-refractivity contribution in [1.29, 1.82) is 0 Å². The molecule has 0 aromatic heterocycles. The number of sulfonamides is 1. The van der Waals surface area contributed by atoms with Crippen molar-refractivity contribution in [3.05, 3.63) is 36.4 Å². The fourth-order valence-corrected chi connectivity index (χ4v) is 3.54. The number of rotatable bonds is 9. The Morgan fingerprint density at radius 3 is 2.62 bits per heavy atom. The van der Waals surface area contributed by atoms with E-state index in [1.165, 1.54) is 11.4 Å². The van der Waals surface area contributed by atoms with Crippen LogP contribution in [0, 0.1) is 0 Å². The van der Waals surface area contributed by atoms with Gasteiger partial charge in [0.1, 0.15) is 10.6 Å². The molecule has 1 aromatic carbocycles. The number of likely N-dealkylation sites (N-methyl/N-ethyl adjacent to an activating group) is 1. The highest BCUT2D eigenvalue weighted by molar-refractivity contribution is 7.89. The van der Waals surface area contributed by atoms with Crippen LogP contribution in [0.15, 0.2) is 35.7 Å². The average molecular weight is 312 g/mol. The molecule has 0 amide bonds. The first-order chi connectivity index (χ1) is 10.0. The smallest absolute Gasteiger partial charge is 0.247 e. The van der Waals surface area contributed by atoms with E-state index in [4.69, 9.17) is 4.74 Å². The molecule has 5 nitrogen and oxygen atoms in total. The lowest BCUT2D eigenvalue weighted by molar-refractivity contribution is 0.396. The molecule has 0 spiro atoms. The third kappa shape index (κ3) is 4.30. The van der Waals surface area contributed by atoms with Gasteiger partial charge in [-0.2, -0.15) is 4.31 Å². The first-order valence-electron chi connectivity index (χ1n) is 6.99. The molecule has 0 heterocycles. The van der Waals surface area contributed by atoms with E-state index in [0.717, 1.165) is 12.1 Å². The number of benzene rings is 1. The van der Waals surface area contributed by atoms with Crippen LogP contribution >= 0.6 is 0 Å². The molecule has 0 bridgehead atoms. The standard InChI is InChI=1S/C15H24N2O3S/c1-5-10-17(7-3)21(18,19)15-9-8-13(12-16-6-2)11-14(15)20-4/h5,8-9,11,16H,1,6-7,10,12H2,2-4H3.